The standard InChI is InChI=1S/C23H30N2O3/c1-16(17-11-13-19(14-12-17)23(2,3)4)25-28-15-18-9-7-8-10-20(18)21(27-6)22(26)24-5/h7-14,21H,15H2,1-6H3,(H,24,26)/b25-16+. The first-order valence-electron chi connectivity index (χ1n) is 9.37. The van der Waals surface area contributed by atoms with Crippen LogP contribution in [0.15, 0.2) is 53.7 Å². The lowest BCUT2D eigenvalue weighted by Crippen LogP contribution is -2.27. The van der Waals surface area contributed by atoms with E-state index in [9.17, 15) is 4.79 Å². The summed E-state index contributed by atoms with van der Waals surface area (Å²) in [6.07, 6.45) is -0.681. The van der Waals surface area contributed by atoms with E-state index in [1.54, 1.807) is 7.05 Å². The Morgan fingerprint density at radius 3 is 2.32 bits per heavy atom. The van der Waals surface area contributed by atoms with Gasteiger partial charge in [0.15, 0.2) is 6.10 Å². The summed E-state index contributed by atoms with van der Waals surface area (Å²) in [7, 11) is 3.10. The van der Waals surface area contributed by atoms with Crippen molar-refractivity contribution in [1.82, 2.24) is 5.32 Å². The highest BCUT2D eigenvalue weighted by Crippen LogP contribution is 2.23. The fraction of sp³-hybridized carbons (Fsp3) is 0.391. The lowest BCUT2D eigenvalue weighted by Gasteiger charge is -2.19. The Hall–Kier alpha value is -2.66. The maximum absolute atomic E-state index is 12.1. The molecule has 1 unspecified atom stereocenters. The Labute approximate surface area is 167 Å². The molecule has 5 nitrogen and oxygen atoms in total. The molecule has 0 fully saturated rings. The number of hydrogen-bond donors (Lipinski definition) is 1. The van der Waals surface area contributed by atoms with E-state index in [1.807, 2.05) is 31.2 Å². The van der Waals surface area contributed by atoms with Gasteiger partial charge in [-0.2, -0.15) is 0 Å². The molecule has 0 heterocycles. The van der Waals surface area contributed by atoms with Gasteiger partial charge in [0.1, 0.15) is 6.61 Å². The van der Waals surface area contributed by atoms with Crippen LogP contribution in [-0.4, -0.2) is 25.8 Å². The number of ether oxygens (including phenoxy) is 1. The SMILES string of the molecule is CNC(=O)C(OC)c1ccccc1CO/N=C(\C)c1ccc(C(C)(C)C)cc1. The molecule has 0 saturated heterocycles. The van der Waals surface area contributed by atoms with Gasteiger partial charge in [-0.25, -0.2) is 0 Å². The van der Waals surface area contributed by atoms with E-state index >= 15 is 0 Å². The average molecular weight is 383 g/mol. The van der Waals surface area contributed by atoms with Crippen LogP contribution in [0.4, 0.5) is 0 Å². The van der Waals surface area contributed by atoms with Crippen LogP contribution in [0.3, 0.4) is 0 Å². The number of hydrogen-bond acceptors (Lipinski definition) is 4. The first-order valence-corrected chi connectivity index (χ1v) is 9.37. The van der Waals surface area contributed by atoms with Crippen LogP contribution in [0.25, 0.3) is 0 Å². The van der Waals surface area contributed by atoms with Gasteiger partial charge in [-0.3, -0.25) is 4.79 Å². The van der Waals surface area contributed by atoms with Gasteiger partial charge < -0.3 is 14.9 Å². The number of carbonyl (C=O) groups is 1. The van der Waals surface area contributed by atoms with E-state index < -0.39 is 6.10 Å². The van der Waals surface area contributed by atoms with Crippen molar-refractivity contribution in [3.8, 4) is 0 Å². The molecule has 0 spiro atoms. The second kappa shape index (κ2) is 9.51. The molecule has 5 heteroatoms. The van der Waals surface area contributed by atoms with Crippen molar-refractivity contribution in [1.29, 1.82) is 0 Å². The highest BCUT2D eigenvalue weighted by molar-refractivity contribution is 5.98. The van der Waals surface area contributed by atoms with E-state index in [-0.39, 0.29) is 17.9 Å². The Kier molecular flexibility index (Phi) is 7.35. The van der Waals surface area contributed by atoms with Gasteiger partial charge in [-0.1, -0.05) is 74.5 Å². The number of oxime groups is 1. The van der Waals surface area contributed by atoms with Crippen LogP contribution < -0.4 is 5.32 Å². The fourth-order valence-corrected chi connectivity index (χ4v) is 2.89. The summed E-state index contributed by atoms with van der Waals surface area (Å²) in [5.41, 5.74) is 4.84. The summed E-state index contributed by atoms with van der Waals surface area (Å²) in [4.78, 5) is 17.6. The van der Waals surface area contributed by atoms with Crippen molar-refractivity contribution in [3.63, 3.8) is 0 Å². The van der Waals surface area contributed by atoms with Crippen LogP contribution >= 0.6 is 0 Å². The molecular formula is C23H30N2O3. The first-order chi connectivity index (χ1) is 13.3. The van der Waals surface area contributed by atoms with Gasteiger partial charge in [0.2, 0.25) is 0 Å². The van der Waals surface area contributed by atoms with Gasteiger partial charge >= 0.3 is 0 Å². The zero-order chi connectivity index (χ0) is 20.7. The normalized spacial score (nSPS) is 13.1. The van der Waals surface area contributed by atoms with E-state index in [2.05, 4.69) is 55.5 Å². The number of carbonyl (C=O) groups excluding carboxylic acids is 1. The van der Waals surface area contributed by atoms with Gasteiger partial charge in [-0.05, 0) is 34.6 Å². The number of likely N-dealkylation sites (N-methyl/N-ethyl adjacent to an activating group) is 1. The molecule has 1 N–H and O–H groups in total. The summed E-state index contributed by atoms with van der Waals surface area (Å²) < 4.78 is 5.36. The lowest BCUT2D eigenvalue weighted by atomic mass is 9.86. The summed E-state index contributed by atoms with van der Waals surface area (Å²) in [5.74, 6) is -0.200. The van der Waals surface area contributed by atoms with Crippen molar-refractivity contribution in [2.24, 2.45) is 5.16 Å². The number of nitrogens with zero attached hydrogens (tertiary/aromatic N) is 1. The van der Waals surface area contributed by atoms with Gasteiger partial charge in [0.25, 0.3) is 5.91 Å². The number of benzene rings is 2. The Balaban J connectivity index is 2.11. The third-order valence-electron chi connectivity index (χ3n) is 4.65. The zero-order valence-corrected chi connectivity index (χ0v) is 17.6. The minimum atomic E-state index is -0.681. The Morgan fingerprint density at radius 1 is 1.11 bits per heavy atom. The summed E-state index contributed by atoms with van der Waals surface area (Å²) in [5, 5.41) is 6.87. The third-order valence-corrected chi connectivity index (χ3v) is 4.65. The molecule has 0 bridgehead atoms. The molecule has 1 atom stereocenters. The topological polar surface area (TPSA) is 59.9 Å². The van der Waals surface area contributed by atoms with Gasteiger partial charge in [-0.15, -0.1) is 0 Å². The van der Waals surface area contributed by atoms with Crippen LogP contribution in [0.1, 0.15) is 56.1 Å². The summed E-state index contributed by atoms with van der Waals surface area (Å²) >= 11 is 0. The van der Waals surface area contributed by atoms with E-state index in [0.29, 0.717) is 0 Å². The Morgan fingerprint density at radius 2 is 1.75 bits per heavy atom. The maximum atomic E-state index is 12.1. The van der Waals surface area contributed by atoms with Crippen LogP contribution in [0.2, 0.25) is 0 Å². The highest BCUT2D eigenvalue weighted by Gasteiger charge is 2.21. The van der Waals surface area contributed by atoms with Crippen molar-refractivity contribution in [2.45, 2.75) is 45.8 Å². The summed E-state index contributed by atoms with van der Waals surface area (Å²) in [6, 6.07) is 15.9. The quantitative estimate of drug-likeness (QED) is 0.572. The molecule has 2 aromatic rings. The Bertz CT molecular complexity index is 820. The minimum absolute atomic E-state index is 0.118. The van der Waals surface area contributed by atoms with E-state index in [4.69, 9.17) is 9.57 Å². The molecule has 0 aromatic heterocycles. The molecule has 2 aromatic carbocycles. The number of amides is 1. The van der Waals surface area contributed by atoms with Gasteiger partial charge in [0.05, 0.1) is 5.71 Å². The molecule has 28 heavy (non-hydrogen) atoms. The minimum Gasteiger partial charge on any atom is -0.391 e. The predicted molar refractivity (Wildman–Crippen MR) is 112 cm³/mol. The molecule has 2 rings (SSSR count). The monoisotopic (exact) mass is 382 g/mol. The van der Waals surface area contributed by atoms with Crippen LogP contribution in [0, 0.1) is 0 Å². The van der Waals surface area contributed by atoms with Crippen molar-refractivity contribution >= 4 is 11.6 Å². The maximum Gasteiger partial charge on any atom is 0.253 e. The van der Waals surface area contributed by atoms with Crippen molar-refractivity contribution in [2.75, 3.05) is 14.2 Å². The molecule has 0 saturated carbocycles. The van der Waals surface area contributed by atoms with Crippen LogP contribution in [0.5, 0.6) is 0 Å². The molecule has 0 radical (unpaired) electrons. The largest absolute Gasteiger partial charge is 0.391 e. The molecule has 0 aliphatic heterocycles. The molecule has 150 valence electrons. The first kappa shape index (κ1) is 21.6. The smallest absolute Gasteiger partial charge is 0.253 e. The third kappa shape index (κ3) is 5.42. The summed E-state index contributed by atoms with van der Waals surface area (Å²) in [6.45, 7) is 8.74. The molecule has 1 amide bonds. The second-order valence-electron chi connectivity index (χ2n) is 7.71. The van der Waals surface area contributed by atoms with Crippen molar-refractivity contribution < 1.29 is 14.4 Å². The van der Waals surface area contributed by atoms with E-state index in [1.165, 1.54) is 12.7 Å². The molecule has 0 aliphatic rings. The van der Waals surface area contributed by atoms with Crippen molar-refractivity contribution in [3.05, 3.63) is 70.8 Å². The number of nitrogens with one attached hydrogen (secondary N) is 1. The predicted octanol–water partition coefficient (Wildman–Crippen LogP) is 4.36. The number of methoxy groups -OCH3 is 1. The molecular weight excluding hydrogens is 352 g/mol. The average Bonchev–Trinajstić information content (AvgIpc) is 2.68. The van der Waals surface area contributed by atoms with Gasteiger partial charge in [0, 0.05) is 14.2 Å². The highest BCUT2D eigenvalue weighted by atomic mass is 16.6. The van der Waals surface area contributed by atoms with E-state index in [0.717, 1.165) is 22.4 Å². The fourth-order valence-electron chi connectivity index (χ4n) is 2.89. The number of rotatable bonds is 7. The second-order valence-corrected chi connectivity index (χ2v) is 7.71. The zero-order valence-electron chi connectivity index (χ0n) is 17.6. The molecule has 0 aliphatic carbocycles. The lowest BCUT2D eigenvalue weighted by molar-refractivity contribution is -0.130. The van der Waals surface area contributed by atoms with Crippen LogP contribution in [-0.2, 0) is 26.4 Å².